The van der Waals surface area contributed by atoms with Gasteiger partial charge < -0.3 is 10.4 Å². The molecule has 1 aromatic rings. The van der Waals surface area contributed by atoms with Crippen LogP contribution in [0.15, 0.2) is 18.2 Å². The molecule has 1 aliphatic carbocycles. The molecule has 20 heavy (non-hydrogen) atoms. The molecule has 4 nitrogen and oxygen atoms in total. The molecule has 0 spiro atoms. The summed E-state index contributed by atoms with van der Waals surface area (Å²) in [6.07, 6.45) is 2.83. The fraction of sp³-hybridized carbons (Fsp3) is 0.467. The van der Waals surface area contributed by atoms with Gasteiger partial charge in [0.1, 0.15) is 5.82 Å². The van der Waals surface area contributed by atoms with E-state index < -0.39 is 17.8 Å². The summed E-state index contributed by atoms with van der Waals surface area (Å²) < 4.78 is 13.0. The maximum atomic E-state index is 13.0. The van der Waals surface area contributed by atoms with Gasteiger partial charge in [-0.1, -0.05) is 12.8 Å². The van der Waals surface area contributed by atoms with Crippen molar-refractivity contribution in [2.75, 3.05) is 5.32 Å². The van der Waals surface area contributed by atoms with Crippen molar-refractivity contribution in [3.8, 4) is 0 Å². The summed E-state index contributed by atoms with van der Waals surface area (Å²) in [6.45, 7) is 1.70. The van der Waals surface area contributed by atoms with Crippen molar-refractivity contribution in [2.45, 2.75) is 32.6 Å². The average molecular weight is 279 g/mol. The van der Waals surface area contributed by atoms with Crippen LogP contribution in [-0.2, 0) is 9.59 Å². The fourth-order valence-corrected chi connectivity index (χ4v) is 2.73. The normalized spacial score (nSPS) is 22.3. The number of aliphatic carboxylic acids is 1. The molecule has 0 unspecified atom stereocenters. The largest absolute Gasteiger partial charge is 0.481 e. The topological polar surface area (TPSA) is 66.4 Å². The number of carboxylic acid groups (broad SMARTS) is 1. The monoisotopic (exact) mass is 279 g/mol. The minimum absolute atomic E-state index is 0.285. The standard InChI is InChI=1S/C15H18FNO3/c1-9-8-10(16)6-7-13(9)17-14(18)11-4-2-3-5-12(11)15(19)20/h6-8,11-12H,2-5H2,1H3,(H,17,18)(H,19,20)/t11-,12+/m1/s1. The van der Waals surface area contributed by atoms with E-state index in [4.69, 9.17) is 0 Å². The van der Waals surface area contributed by atoms with Gasteiger partial charge in [0.25, 0.3) is 0 Å². The van der Waals surface area contributed by atoms with Gasteiger partial charge in [-0.05, 0) is 43.5 Å². The van der Waals surface area contributed by atoms with Gasteiger partial charge in [0, 0.05) is 5.69 Å². The summed E-state index contributed by atoms with van der Waals surface area (Å²) in [5.74, 6) is -2.69. The average Bonchev–Trinajstić information content (AvgIpc) is 2.41. The molecule has 2 rings (SSSR count). The molecule has 108 valence electrons. The fourth-order valence-electron chi connectivity index (χ4n) is 2.73. The number of hydrogen-bond donors (Lipinski definition) is 2. The summed E-state index contributed by atoms with van der Waals surface area (Å²) >= 11 is 0. The first-order valence-electron chi connectivity index (χ1n) is 6.79. The van der Waals surface area contributed by atoms with Crippen molar-refractivity contribution in [2.24, 2.45) is 11.8 Å². The molecule has 5 heteroatoms. The lowest BCUT2D eigenvalue weighted by Crippen LogP contribution is -2.36. The SMILES string of the molecule is Cc1cc(F)ccc1NC(=O)[C@@H]1CCCC[C@@H]1C(=O)O. The lowest BCUT2D eigenvalue weighted by molar-refractivity contribution is -0.147. The molecule has 2 N–H and O–H groups in total. The van der Waals surface area contributed by atoms with Crippen molar-refractivity contribution >= 4 is 17.6 Å². The number of nitrogens with one attached hydrogen (secondary N) is 1. The molecule has 0 bridgehead atoms. The molecule has 1 saturated carbocycles. The molecule has 1 aliphatic rings. The van der Waals surface area contributed by atoms with Gasteiger partial charge >= 0.3 is 5.97 Å². The van der Waals surface area contributed by atoms with Crippen LogP contribution in [-0.4, -0.2) is 17.0 Å². The zero-order valence-electron chi connectivity index (χ0n) is 11.4. The first kappa shape index (κ1) is 14.5. The van der Waals surface area contributed by atoms with E-state index in [9.17, 15) is 19.1 Å². The number of amides is 1. The Balaban J connectivity index is 2.12. The number of carbonyl (C=O) groups excluding carboxylic acids is 1. The summed E-state index contributed by atoms with van der Waals surface area (Å²) in [7, 11) is 0. The Hall–Kier alpha value is -1.91. The Morgan fingerprint density at radius 2 is 1.90 bits per heavy atom. The van der Waals surface area contributed by atoms with Crippen molar-refractivity contribution in [1.29, 1.82) is 0 Å². The van der Waals surface area contributed by atoms with Crippen molar-refractivity contribution in [3.63, 3.8) is 0 Å². The molecule has 0 aliphatic heterocycles. The molecule has 0 aromatic heterocycles. The maximum Gasteiger partial charge on any atom is 0.307 e. The van der Waals surface area contributed by atoms with E-state index in [1.165, 1.54) is 18.2 Å². The van der Waals surface area contributed by atoms with Crippen LogP contribution in [0.1, 0.15) is 31.2 Å². The Kier molecular flexibility index (Phi) is 4.37. The third-order valence-corrected chi connectivity index (χ3v) is 3.87. The number of carboxylic acids is 1. The second-order valence-corrected chi connectivity index (χ2v) is 5.28. The highest BCUT2D eigenvalue weighted by atomic mass is 19.1. The summed E-state index contributed by atoms with van der Waals surface area (Å²) in [6, 6.07) is 4.12. The van der Waals surface area contributed by atoms with E-state index in [0.29, 0.717) is 24.1 Å². The molecule has 0 saturated heterocycles. The van der Waals surface area contributed by atoms with E-state index in [1.54, 1.807) is 6.92 Å². The molecule has 2 atom stereocenters. The predicted molar refractivity (Wildman–Crippen MR) is 72.9 cm³/mol. The number of aryl methyl sites for hydroxylation is 1. The van der Waals surface area contributed by atoms with Crippen LogP contribution < -0.4 is 5.32 Å². The first-order chi connectivity index (χ1) is 9.49. The maximum absolute atomic E-state index is 13.0. The van der Waals surface area contributed by atoms with Gasteiger partial charge in [0.05, 0.1) is 11.8 Å². The lowest BCUT2D eigenvalue weighted by Gasteiger charge is -2.27. The first-order valence-corrected chi connectivity index (χ1v) is 6.79. The lowest BCUT2D eigenvalue weighted by atomic mass is 9.78. The van der Waals surface area contributed by atoms with E-state index in [0.717, 1.165) is 12.8 Å². The number of hydrogen-bond acceptors (Lipinski definition) is 2. The molecule has 0 radical (unpaired) electrons. The van der Waals surface area contributed by atoms with Gasteiger partial charge in [-0.25, -0.2) is 4.39 Å². The summed E-state index contributed by atoms with van der Waals surface area (Å²) in [4.78, 5) is 23.5. The Bertz CT molecular complexity index is 530. The zero-order valence-corrected chi connectivity index (χ0v) is 11.4. The van der Waals surface area contributed by atoms with Gasteiger partial charge in [0.15, 0.2) is 0 Å². The Morgan fingerprint density at radius 3 is 2.50 bits per heavy atom. The van der Waals surface area contributed by atoms with Crippen LogP contribution in [0.25, 0.3) is 0 Å². The second-order valence-electron chi connectivity index (χ2n) is 5.28. The number of halogens is 1. The van der Waals surface area contributed by atoms with Gasteiger partial charge in [-0.2, -0.15) is 0 Å². The van der Waals surface area contributed by atoms with Gasteiger partial charge in [0.2, 0.25) is 5.91 Å². The number of carbonyl (C=O) groups is 2. The van der Waals surface area contributed by atoms with E-state index in [2.05, 4.69) is 5.32 Å². The Labute approximate surface area is 117 Å². The number of rotatable bonds is 3. The molecule has 1 fully saturated rings. The highest BCUT2D eigenvalue weighted by Gasteiger charge is 2.35. The smallest absolute Gasteiger partial charge is 0.307 e. The van der Waals surface area contributed by atoms with E-state index >= 15 is 0 Å². The molecular weight excluding hydrogens is 261 g/mol. The highest BCUT2D eigenvalue weighted by molar-refractivity contribution is 5.95. The van der Waals surface area contributed by atoms with Gasteiger partial charge in [-0.3, -0.25) is 9.59 Å². The number of anilines is 1. The van der Waals surface area contributed by atoms with Crippen LogP contribution in [0.4, 0.5) is 10.1 Å². The van der Waals surface area contributed by atoms with Crippen LogP contribution in [0, 0.1) is 24.6 Å². The summed E-state index contributed by atoms with van der Waals surface area (Å²) in [5, 5.41) is 11.9. The third kappa shape index (κ3) is 3.15. The van der Waals surface area contributed by atoms with Crippen molar-refractivity contribution in [3.05, 3.63) is 29.6 Å². The van der Waals surface area contributed by atoms with Crippen molar-refractivity contribution < 1.29 is 19.1 Å². The molecular formula is C15H18FNO3. The summed E-state index contributed by atoms with van der Waals surface area (Å²) in [5.41, 5.74) is 1.16. The minimum atomic E-state index is -0.916. The highest BCUT2D eigenvalue weighted by Crippen LogP contribution is 2.31. The quantitative estimate of drug-likeness (QED) is 0.894. The number of benzene rings is 1. The van der Waals surface area contributed by atoms with E-state index in [1.807, 2.05) is 0 Å². The van der Waals surface area contributed by atoms with Crippen LogP contribution >= 0.6 is 0 Å². The molecule has 1 aromatic carbocycles. The van der Waals surface area contributed by atoms with Crippen LogP contribution in [0.2, 0.25) is 0 Å². The Morgan fingerprint density at radius 1 is 1.25 bits per heavy atom. The van der Waals surface area contributed by atoms with Crippen molar-refractivity contribution in [1.82, 2.24) is 0 Å². The zero-order chi connectivity index (χ0) is 14.7. The van der Waals surface area contributed by atoms with Crippen LogP contribution in [0.3, 0.4) is 0 Å². The molecule has 1 amide bonds. The minimum Gasteiger partial charge on any atom is -0.481 e. The second kappa shape index (κ2) is 6.03. The third-order valence-electron chi connectivity index (χ3n) is 3.87. The van der Waals surface area contributed by atoms with Gasteiger partial charge in [-0.15, -0.1) is 0 Å². The van der Waals surface area contributed by atoms with E-state index in [-0.39, 0.29) is 11.7 Å². The molecule has 0 heterocycles. The predicted octanol–water partition coefficient (Wildman–Crippen LogP) is 2.96. The van der Waals surface area contributed by atoms with Crippen LogP contribution in [0.5, 0.6) is 0 Å².